The molecular weight excluding hydrogens is 200 g/mol. The predicted octanol–water partition coefficient (Wildman–Crippen LogP) is 2.77. The molecule has 16 heavy (non-hydrogen) atoms. The van der Waals surface area contributed by atoms with E-state index in [0.29, 0.717) is 0 Å². The lowest BCUT2D eigenvalue weighted by atomic mass is 10.1. The van der Waals surface area contributed by atoms with E-state index in [-0.39, 0.29) is 5.78 Å². The minimum Gasteiger partial charge on any atom is -0.331 e. The smallest absolute Gasteiger partial charge is 0.159 e. The summed E-state index contributed by atoms with van der Waals surface area (Å²) in [6.07, 6.45) is 3.65. The number of aryl methyl sites for hydroxylation is 1. The maximum atomic E-state index is 11.1. The average molecular weight is 214 g/mol. The highest BCUT2D eigenvalue weighted by molar-refractivity contribution is 5.94. The highest BCUT2D eigenvalue weighted by Gasteiger charge is 2.04. The number of hydrogen-bond acceptors (Lipinski definition) is 2. The molecule has 0 aliphatic heterocycles. The summed E-state index contributed by atoms with van der Waals surface area (Å²) in [4.78, 5) is 15.3. The van der Waals surface area contributed by atoms with E-state index < -0.39 is 0 Å². The Bertz CT molecular complexity index is 497. The highest BCUT2D eigenvalue weighted by atomic mass is 16.1. The van der Waals surface area contributed by atoms with Gasteiger partial charge in [-0.1, -0.05) is 24.3 Å². The molecule has 0 spiro atoms. The number of ketones is 1. The molecular formula is C13H14N2O. The van der Waals surface area contributed by atoms with Crippen LogP contribution < -0.4 is 0 Å². The molecule has 1 aromatic heterocycles. The highest BCUT2D eigenvalue weighted by Crippen LogP contribution is 2.19. The number of aromatic nitrogens is 2. The lowest BCUT2D eigenvalue weighted by molar-refractivity contribution is 0.101. The summed E-state index contributed by atoms with van der Waals surface area (Å²) in [5.41, 5.74) is 2.91. The van der Waals surface area contributed by atoms with E-state index in [9.17, 15) is 4.79 Å². The first-order chi connectivity index (χ1) is 7.72. The van der Waals surface area contributed by atoms with Crippen LogP contribution in [0.25, 0.3) is 11.3 Å². The van der Waals surface area contributed by atoms with Crippen molar-refractivity contribution in [2.45, 2.75) is 20.4 Å². The third-order valence-electron chi connectivity index (χ3n) is 2.64. The Balaban J connectivity index is 2.38. The van der Waals surface area contributed by atoms with Crippen LogP contribution in [0.4, 0.5) is 0 Å². The van der Waals surface area contributed by atoms with Crippen LogP contribution in [0.15, 0.2) is 36.8 Å². The van der Waals surface area contributed by atoms with Gasteiger partial charge in [-0.2, -0.15) is 0 Å². The van der Waals surface area contributed by atoms with Gasteiger partial charge in [0, 0.05) is 12.1 Å². The van der Waals surface area contributed by atoms with Gasteiger partial charge in [-0.05, 0) is 19.4 Å². The maximum Gasteiger partial charge on any atom is 0.159 e. The van der Waals surface area contributed by atoms with Crippen LogP contribution in [-0.2, 0) is 6.54 Å². The summed E-state index contributed by atoms with van der Waals surface area (Å²) < 4.78 is 2.07. The first-order valence-electron chi connectivity index (χ1n) is 5.34. The zero-order chi connectivity index (χ0) is 11.5. The number of hydrogen-bond donors (Lipinski definition) is 0. The van der Waals surface area contributed by atoms with E-state index in [2.05, 4.69) is 16.5 Å². The molecule has 3 nitrogen and oxygen atoms in total. The number of Topliss-reactive ketones (excluding diaryl/α,β-unsaturated/α-hetero) is 1. The fourth-order valence-corrected chi connectivity index (χ4v) is 1.69. The fourth-order valence-electron chi connectivity index (χ4n) is 1.69. The number of imidazole rings is 1. The molecule has 0 saturated carbocycles. The lowest BCUT2D eigenvalue weighted by Crippen LogP contribution is -1.95. The molecule has 0 radical (unpaired) electrons. The van der Waals surface area contributed by atoms with E-state index in [1.54, 1.807) is 6.92 Å². The van der Waals surface area contributed by atoms with Crippen molar-refractivity contribution in [1.82, 2.24) is 9.55 Å². The molecule has 0 saturated heterocycles. The summed E-state index contributed by atoms with van der Waals surface area (Å²) in [6.45, 7) is 4.55. The first kappa shape index (κ1) is 10.6. The van der Waals surface area contributed by atoms with Gasteiger partial charge in [0.25, 0.3) is 0 Å². The number of rotatable bonds is 3. The summed E-state index contributed by atoms with van der Waals surface area (Å²) in [5, 5.41) is 0. The van der Waals surface area contributed by atoms with Crippen molar-refractivity contribution in [2.24, 2.45) is 0 Å². The summed E-state index contributed by atoms with van der Waals surface area (Å²) in [7, 11) is 0. The Morgan fingerprint density at radius 3 is 2.56 bits per heavy atom. The number of carbonyl (C=O) groups is 1. The second-order valence-electron chi connectivity index (χ2n) is 3.70. The van der Waals surface area contributed by atoms with E-state index in [1.807, 2.05) is 36.8 Å². The van der Waals surface area contributed by atoms with Gasteiger partial charge in [-0.15, -0.1) is 0 Å². The van der Waals surface area contributed by atoms with Gasteiger partial charge in [0.05, 0.1) is 18.2 Å². The van der Waals surface area contributed by atoms with Crippen LogP contribution in [0.3, 0.4) is 0 Å². The van der Waals surface area contributed by atoms with Gasteiger partial charge in [0.15, 0.2) is 5.78 Å². The molecule has 0 fully saturated rings. The van der Waals surface area contributed by atoms with Gasteiger partial charge in [0.2, 0.25) is 0 Å². The van der Waals surface area contributed by atoms with Crippen LogP contribution in [0, 0.1) is 0 Å². The number of benzene rings is 1. The SMILES string of the molecule is CCn1cncc1-c1ccc(C(C)=O)cc1. The Morgan fingerprint density at radius 2 is 2.00 bits per heavy atom. The minimum atomic E-state index is 0.0931. The monoisotopic (exact) mass is 214 g/mol. The van der Waals surface area contributed by atoms with Crippen LogP contribution in [0.2, 0.25) is 0 Å². The van der Waals surface area contributed by atoms with Crippen molar-refractivity contribution in [2.75, 3.05) is 0 Å². The molecule has 0 atom stereocenters. The van der Waals surface area contributed by atoms with Crippen LogP contribution >= 0.6 is 0 Å². The third-order valence-corrected chi connectivity index (χ3v) is 2.64. The van der Waals surface area contributed by atoms with E-state index in [1.165, 1.54) is 0 Å². The number of nitrogens with zero attached hydrogens (tertiary/aromatic N) is 2. The summed E-state index contributed by atoms with van der Waals surface area (Å²) >= 11 is 0. The van der Waals surface area contributed by atoms with E-state index >= 15 is 0 Å². The van der Waals surface area contributed by atoms with Gasteiger partial charge >= 0.3 is 0 Å². The number of carbonyl (C=O) groups excluding carboxylic acids is 1. The Hall–Kier alpha value is -1.90. The second kappa shape index (κ2) is 4.31. The van der Waals surface area contributed by atoms with Crippen molar-refractivity contribution < 1.29 is 4.79 Å². The molecule has 0 N–H and O–H groups in total. The Kier molecular flexibility index (Phi) is 2.86. The molecule has 1 aromatic carbocycles. The van der Waals surface area contributed by atoms with Crippen molar-refractivity contribution in [3.8, 4) is 11.3 Å². The minimum absolute atomic E-state index is 0.0931. The van der Waals surface area contributed by atoms with Crippen molar-refractivity contribution in [3.05, 3.63) is 42.4 Å². The van der Waals surface area contributed by atoms with Gasteiger partial charge in [-0.3, -0.25) is 4.79 Å². The molecule has 2 rings (SSSR count). The van der Waals surface area contributed by atoms with Crippen LogP contribution in [0.5, 0.6) is 0 Å². The second-order valence-corrected chi connectivity index (χ2v) is 3.70. The third kappa shape index (κ3) is 1.89. The molecule has 0 unspecified atom stereocenters. The van der Waals surface area contributed by atoms with Crippen molar-refractivity contribution in [1.29, 1.82) is 0 Å². The summed E-state index contributed by atoms with van der Waals surface area (Å²) in [6, 6.07) is 7.62. The van der Waals surface area contributed by atoms with Gasteiger partial charge < -0.3 is 4.57 Å². The molecule has 0 aliphatic carbocycles. The van der Waals surface area contributed by atoms with Crippen molar-refractivity contribution in [3.63, 3.8) is 0 Å². The molecule has 1 heterocycles. The molecule has 0 aliphatic rings. The molecule has 0 bridgehead atoms. The largest absolute Gasteiger partial charge is 0.331 e. The van der Waals surface area contributed by atoms with Crippen LogP contribution in [-0.4, -0.2) is 15.3 Å². The first-order valence-corrected chi connectivity index (χ1v) is 5.34. The standard InChI is InChI=1S/C13H14N2O/c1-3-15-9-14-8-13(15)12-6-4-11(5-7-12)10(2)16/h4-9H,3H2,1-2H3. The van der Waals surface area contributed by atoms with E-state index in [0.717, 1.165) is 23.4 Å². The molecule has 3 heteroatoms. The lowest BCUT2D eigenvalue weighted by Gasteiger charge is -2.05. The normalized spacial score (nSPS) is 10.4. The van der Waals surface area contributed by atoms with E-state index in [4.69, 9.17) is 0 Å². The quantitative estimate of drug-likeness (QED) is 0.736. The van der Waals surface area contributed by atoms with Crippen molar-refractivity contribution >= 4 is 5.78 Å². The summed E-state index contributed by atoms with van der Waals surface area (Å²) in [5.74, 6) is 0.0931. The average Bonchev–Trinajstić information content (AvgIpc) is 2.77. The predicted molar refractivity (Wildman–Crippen MR) is 63.3 cm³/mol. The van der Waals surface area contributed by atoms with Crippen LogP contribution in [0.1, 0.15) is 24.2 Å². The van der Waals surface area contributed by atoms with Gasteiger partial charge in [-0.25, -0.2) is 4.98 Å². The fraction of sp³-hybridized carbons (Fsp3) is 0.231. The van der Waals surface area contributed by atoms with Gasteiger partial charge in [0.1, 0.15) is 0 Å². The topological polar surface area (TPSA) is 34.9 Å². The zero-order valence-corrected chi connectivity index (χ0v) is 9.47. The maximum absolute atomic E-state index is 11.1. The molecule has 0 amide bonds. The Labute approximate surface area is 94.7 Å². The molecule has 2 aromatic rings. The Morgan fingerprint density at radius 1 is 1.31 bits per heavy atom. The zero-order valence-electron chi connectivity index (χ0n) is 9.47. The molecule has 82 valence electrons.